The Bertz CT molecular complexity index is 938. The number of amides is 1. The van der Waals surface area contributed by atoms with Gasteiger partial charge in [0.15, 0.2) is 0 Å². The standard InChI is InChI=1S/C20H20ClN3O2S/c1-12(15-7-4-5-9-18(15)21)23-19(25)16-8-6-10-22-20(16)27-11-17-13(2)24-26-14(17)3/h4-10,12H,11H2,1-3H3,(H,23,25). The van der Waals surface area contributed by atoms with E-state index < -0.39 is 0 Å². The van der Waals surface area contributed by atoms with Crippen LogP contribution in [0.25, 0.3) is 0 Å². The van der Waals surface area contributed by atoms with Crippen LogP contribution in [0.5, 0.6) is 0 Å². The lowest BCUT2D eigenvalue weighted by atomic mass is 10.1. The van der Waals surface area contributed by atoms with E-state index in [1.165, 1.54) is 11.8 Å². The lowest BCUT2D eigenvalue weighted by Crippen LogP contribution is -2.27. The first-order valence-corrected chi connectivity index (χ1v) is 9.88. The minimum Gasteiger partial charge on any atom is -0.361 e. The van der Waals surface area contributed by atoms with E-state index in [0.29, 0.717) is 21.4 Å². The molecule has 0 radical (unpaired) electrons. The van der Waals surface area contributed by atoms with Gasteiger partial charge in [-0.15, -0.1) is 11.8 Å². The maximum atomic E-state index is 12.8. The van der Waals surface area contributed by atoms with Crippen molar-refractivity contribution in [1.82, 2.24) is 15.5 Å². The molecule has 5 nitrogen and oxygen atoms in total. The number of nitrogens with zero attached hydrogens (tertiary/aromatic N) is 2. The second kappa shape index (κ2) is 8.59. The van der Waals surface area contributed by atoms with Gasteiger partial charge >= 0.3 is 0 Å². The number of halogens is 1. The van der Waals surface area contributed by atoms with Gasteiger partial charge in [0.2, 0.25) is 0 Å². The number of rotatable bonds is 6. The summed E-state index contributed by atoms with van der Waals surface area (Å²) < 4.78 is 5.20. The molecule has 0 aliphatic carbocycles. The molecule has 0 spiro atoms. The van der Waals surface area contributed by atoms with E-state index >= 15 is 0 Å². The smallest absolute Gasteiger partial charge is 0.254 e. The number of carbonyl (C=O) groups excluding carboxylic acids is 1. The summed E-state index contributed by atoms with van der Waals surface area (Å²) in [6.45, 7) is 5.70. The summed E-state index contributed by atoms with van der Waals surface area (Å²) in [6.07, 6.45) is 1.68. The molecule has 0 fully saturated rings. The molecule has 1 unspecified atom stereocenters. The Labute approximate surface area is 167 Å². The topological polar surface area (TPSA) is 68.0 Å². The molecule has 0 saturated carbocycles. The van der Waals surface area contributed by atoms with E-state index in [0.717, 1.165) is 22.6 Å². The second-order valence-corrected chi connectivity index (χ2v) is 7.54. The Morgan fingerprint density at radius 1 is 1.26 bits per heavy atom. The van der Waals surface area contributed by atoms with Gasteiger partial charge in [-0.2, -0.15) is 0 Å². The fourth-order valence-corrected chi connectivity index (χ4v) is 4.15. The molecular weight excluding hydrogens is 382 g/mol. The monoisotopic (exact) mass is 401 g/mol. The van der Waals surface area contributed by atoms with Gasteiger partial charge in [0, 0.05) is 22.5 Å². The van der Waals surface area contributed by atoms with Crippen LogP contribution in [0.4, 0.5) is 0 Å². The summed E-state index contributed by atoms with van der Waals surface area (Å²) in [5.74, 6) is 1.24. The van der Waals surface area contributed by atoms with Gasteiger partial charge in [0.25, 0.3) is 5.91 Å². The zero-order valence-electron chi connectivity index (χ0n) is 15.3. The SMILES string of the molecule is Cc1noc(C)c1CSc1ncccc1C(=O)NC(C)c1ccccc1Cl. The first kappa shape index (κ1) is 19.5. The van der Waals surface area contributed by atoms with Crippen molar-refractivity contribution in [3.63, 3.8) is 0 Å². The highest BCUT2D eigenvalue weighted by Gasteiger charge is 2.18. The lowest BCUT2D eigenvalue weighted by molar-refractivity contribution is 0.0936. The van der Waals surface area contributed by atoms with Crippen LogP contribution < -0.4 is 5.32 Å². The average Bonchev–Trinajstić information content (AvgIpc) is 2.98. The summed E-state index contributed by atoms with van der Waals surface area (Å²) in [5.41, 5.74) is 3.30. The fourth-order valence-electron chi connectivity index (χ4n) is 2.71. The molecule has 7 heteroatoms. The Kier molecular flexibility index (Phi) is 6.19. The third-order valence-corrected chi connectivity index (χ3v) is 5.65. The number of aromatic nitrogens is 2. The molecule has 2 aromatic heterocycles. The molecule has 1 N–H and O–H groups in total. The molecule has 1 amide bonds. The van der Waals surface area contributed by atoms with Crippen molar-refractivity contribution in [1.29, 1.82) is 0 Å². The quantitative estimate of drug-likeness (QED) is 0.580. The molecule has 0 aliphatic heterocycles. The third-order valence-electron chi connectivity index (χ3n) is 4.27. The molecule has 1 atom stereocenters. The van der Waals surface area contributed by atoms with Crippen molar-refractivity contribution >= 4 is 29.3 Å². The number of hydrogen-bond acceptors (Lipinski definition) is 5. The summed E-state index contributed by atoms with van der Waals surface area (Å²) in [6, 6.07) is 10.8. The van der Waals surface area contributed by atoms with Gasteiger partial charge in [-0.25, -0.2) is 4.98 Å². The highest BCUT2D eigenvalue weighted by molar-refractivity contribution is 7.98. The average molecular weight is 402 g/mol. The lowest BCUT2D eigenvalue weighted by Gasteiger charge is -2.16. The van der Waals surface area contributed by atoms with Crippen molar-refractivity contribution in [2.75, 3.05) is 0 Å². The van der Waals surface area contributed by atoms with Gasteiger partial charge in [-0.1, -0.05) is 35.0 Å². The van der Waals surface area contributed by atoms with Crippen LogP contribution in [0.2, 0.25) is 5.02 Å². The summed E-state index contributed by atoms with van der Waals surface area (Å²) >= 11 is 7.72. The largest absolute Gasteiger partial charge is 0.361 e. The van der Waals surface area contributed by atoms with E-state index in [2.05, 4.69) is 15.5 Å². The maximum Gasteiger partial charge on any atom is 0.254 e. The predicted molar refractivity (Wildman–Crippen MR) is 107 cm³/mol. The van der Waals surface area contributed by atoms with Crippen molar-refractivity contribution in [3.8, 4) is 0 Å². The summed E-state index contributed by atoms with van der Waals surface area (Å²) in [5, 5.41) is 8.27. The number of hydrogen-bond donors (Lipinski definition) is 1. The van der Waals surface area contributed by atoms with Crippen LogP contribution >= 0.6 is 23.4 Å². The summed E-state index contributed by atoms with van der Waals surface area (Å²) in [7, 11) is 0. The van der Waals surface area contributed by atoms with Gasteiger partial charge in [0.05, 0.1) is 17.3 Å². The van der Waals surface area contributed by atoms with E-state index in [1.54, 1.807) is 18.3 Å². The summed E-state index contributed by atoms with van der Waals surface area (Å²) in [4.78, 5) is 17.2. The van der Waals surface area contributed by atoms with E-state index in [1.807, 2.05) is 45.0 Å². The van der Waals surface area contributed by atoms with Gasteiger partial charge in [-0.05, 0) is 44.5 Å². The van der Waals surface area contributed by atoms with Crippen LogP contribution in [0, 0.1) is 13.8 Å². The third kappa shape index (κ3) is 4.51. The maximum absolute atomic E-state index is 12.8. The number of carbonyl (C=O) groups is 1. The first-order chi connectivity index (χ1) is 13.0. The van der Waals surface area contributed by atoms with E-state index in [9.17, 15) is 4.79 Å². The van der Waals surface area contributed by atoms with Gasteiger partial charge in [0.1, 0.15) is 10.8 Å². The van der Waals surface area contributed by atoms with Gasteiger partial charge < -0.3 is 9.84 Å². The van der Waals surface area contributed by atoms with Crippen molar-refractivity contribution in [2.24, 2.45) is 0 Å². The Morgan fingerprint density at radius 3 is 2.74 bits per heavy atom. The molecule has 0 bridgehead atoms. The molecule has 3 aromatic rings. The van der Waals surface area contributed by atoms with Gasteiger partial charge in [-0.3, -0.25) is 4.79 Å². The zero-order valence-corrected chi connectivity index (χ0v) is 16.9. The number of aryl methyl sites for hydroxylation is 2. The Morgan fingerprint density at radius 2 is 2.04 bits per heavy atom. The number of benzene rings is 1. The van der Waals surface area contributed by atoms with Crippen LogP contribution in [0.15, 0.2) is 52.1 Å². The zero-order chi connectivity index (χ0) is 19.4. The van der Waals surface area contributed by atoms with Crippen molar-refractivity contribution in [2.45, 2.75) is 37.6 Å². The van der Waals surface area contributed by atoms with Crippen LogP contribution in [-0.2, 0) is 5.75 Å². The highest BCUT2D eigenvalue weighted by Crippen LogP contribution is 2.28. The number of thioether (sulfide) groups is 1. The second-order valence-electron chi connectivity index (χ2n) is 6.16. The normalized spacial score (nSPS) is 12.0. The van der Waals surface area contributed by atoms with Crippen LogP contribution in [-0.4, -0.2) is 16.0 Å². The number of nitrogens with one attached hydrogen (secondary N) is 1. The van der Waals surface area contributed by atoms with E-state index in [-0.39, 0.29) is 11.9 Å². The van der Waals surface area contributed by atoms with E-state index in [4.69, 9.17) is 16.1 Å². The van der Waals surface area contributed by atoms with Crippen molar-refractivity contribution < 1.29 is 9.32 Å². The molecule has 27 heavy (non-hydrogen) atoms. The predicted octanol–water partition coefficient (Wildman–Crippen LogP) is 5.12. The first-order valence-electron chi connectivity index (χ1n) is 8.52. The molecule has 1 aromatic carbocycles. The Balaban J connectivity index is 1.75. The fraction of sp³-hybridized carbons (Fsp3) is 0.250. The van der Waals surface area contributed by atoms with Crippen LogP contribution in [0.1, 0.15) is 45.9 Å². The molecule has 0 aliphatic rings. The molecule has 3 rings (SSSR count). The Hall–Kier alpha value is -2.31. The minimum absolute atomic E-state index is 0.184. The molecule has 0 saturated heterocycles. The van der Waals surface area contributed by atoms with Crippen LogP contribution in [0.3, 0.4) is 0 Å². The number of pyridine rings is 1. The molecule has 140 valence electrons. The highest BCUT2D eigenvalue weighted by atomic mass is 35.5. The van der Waals surface area contributed by atoms with Crippen molar-refractivity contribution in [3.05, 3.63) is 75.8 Å². The minimum atomic E-state index is -0.216. The molecule has 2 heterocycles. The molecular formula is C20H20ClN3O2S.